The minimum absolute atomic E-state index is 0.0646. The van der Waals surface area contributed by atoms with Crippen LogP contribution in [0.2, 0.25) is 0 Å². The number of likely N-dealkylation sites (N-methyl/N-ethyl adjacent to an activating group) is 1. The van der Waals surface area contributed by atoms with Crippen molar-refractivity contribution >= 4 is 11.6 Å². The number of hydrogen-bond acceptors (Lipinski definition) is 3. The number of nitrogens with zero attached hydrogens (tertiary/aromatic N) is 1. The van der Waals surface area contributed by atoms with Crippen molar-refractivity contribution in [1.29, 1.82) is 0 Å². The van der Waals surface area contributed by atoms with Crippen LogP contribution >= 0.6 is 0 Å². The molecule has 0 spiro atoms. The zero-order chi connectivity index (χ0) is 11.1. The van der Waals surface area contributed by atoms with E-state index in [0.29, 0.717) is 6.54 Å². The zero-order valence-electron chi connectivity index (χ0n) is 8.81. The summed E-state index contributed by atoms with van der Waals surface area (Å²) in [7, 11) is 1.79. The molecule has 1 aromatic carbocycles. The molecular weight excluding hydrogens is 192 g/mol. The second-order valence-electron chi connectivity index (χ2n) is 3.38. The highest BCUT2D eigenvalue weighted by atomic mass is 16.3. The number of aliphatic hydroxyl groups excluding tert-OH is 1. The fourth-order valence-electron chi connectivity index (χ4n) is 1.22. The molecule has 4 heteroatoms. The van der Waals surface area contributed by atoms with Gasteiger partial charge in [-0.25, -0.2) is 0 Å². The summed E-state index contributed by atoms with van der Waals surface area (Å²) < 4.78 is 0. The molecule has 0 fully saturated rings. The van der Waals surface area contributed by atoms with Gasteiger partial charge in [-0.05, 0) is 19.2 Å². The van der Waals surface area contributed by atoms with E-state index in [2.05, 4.69) is 5.32 Å². The molecule has 0 aliphatic heterocycles. The number of carbonyl (C=O) groups is 1. The van der Waals surface area contributed by atoms with E-state index in [1.165, 1.54) is 0 Å². The van der Waals surface area contributed by atoms with Crippen molar-refractivity contribution in [2.45, 2.75) is 0 Å². The number of aliphatic hydroxyl groups is 1. The fourth-order valence-corrected chi connectivity index (χ4v) is 1.22. The van der Waals surface area contributed by atoms with Gasteiger partial charge in [0, 0.05) is 12.2 Å². The average Bonchev–Trinajstić information content (AvgIpc) is 2.19. The number of para-hydroxylation sites is 1. The molecule has 0 saturated heterocycles. The molecule has 1 rings (SSSR count). The first-order valence-corrected chi connectivity index (χ1v) is 4.86. The van der Waals surface area contributed by atoms with Gasteiger partial charge in [0.2, 0.25) is 5.91 Å². The Bertz CT molecular complexity index is 301. The van der Waals surface area contributed by atoms with E-state index in [1.54, 1.807) is 11.9 Å². The number of anilines is 1. The quantitative estimate of drug-likeness (QED) is 0.743. The predicted molar refractivity (Wildman–Crippen MR) is 59.7 cm³/mol. The van der Waals surface area contributed by atoms with Crippen LogP contribution in [-0.2, 0) is 4.79 Å². The molecule has 0 bridgehead atoms. The summed E-state index contributed by atoms with van der Waals surface area (Å²) in [6, 6.07) is 9.31. The van der Waals surface area contributed by atoms with Gasteiger partial charge in [-0.1, -0.05) is 18.2 Å². The first-order chi connectivity index (χ1) is 7.22. The Morgan fingerprint density at radius 3 is 2.67 bits per heavy atom. The van der Waals surface area contributed by atoms with E-state index >= 15 is 0 Å². The molecule has 0 aliphatic carbocycles. The van der Waals surface area contributed by atoms with Crippen LogP contribution in [0.15, 0.2) is 30.3 Å². The molecule has 0 aliphatic rings. The lowest BCUT2D eigenvalue weighted by atomic mass is 10.3. The van der Waals surface area contributed by atoms with E-state index < -0.39 is 0 Å². The lowest BCUT2D eigenvalue weighted by molar-refractivity contribution is -0.117. The maximum Gasteiger partial charge on any atom is 0.238 e. The molecule has 0 unspecified atom stereocenters. The summed E-state index contributed by atoms with van der Waals surface area (Å²) in [5.74, 6) is -0.0721. The topological polar surface area (TPSA) is 52.6 Å². The number of rotatable bonds is 5. The monoisotopic (exact) mass is 208 g/mol. The van der Waals surface area contributed by atoms with Gasteiger partial charge in [0.15, 0.2) is 0 Å². The maximum absolute atomic E-state index is 11.5. The van der Waals surface area contributed by atoms with Crippen LogP contribution in [0.25, 0.3) is 0 Å². The molecule has 0 heterocycles. The van der Waals surface area contributed by atoms with Crippen LogP contribution < -0.4 is 5.32 Å². The molecule has 1 aromatic rings. The normalized spacial score (nSPS) is 10.3. The second kappa shape index (κ2) is 6.16. The Kier molecular flexibility index (Phi) is 4.80. The first-order valence-electron chi connectivity index (χ1n) is 4.86. The summed E-state index contributed by atoms with van der Waals surface area (Å²) in [6.45, 7) is 0.854. The standard InChI is InChI=1S/C11H16N2O2/c1-13(7-8-14)9-11(15)12-10-5-3-2-4-6-10/h2-6,14H,7-9H2,1H3,(H,12,15). The lowest BCUT2D eigenvalue weighted by Gasteiger charge is -2.14. The highest BCUT2D eigenvalue weighted by molar-refractivity contribution is 5.92. The summed E-state index contributed by atoms with van der Waals surface area (Å²) in [6.07, 6.45) is 0. The maximum atomic E-state index is 11.5. The molecule has 2 N–H and O–H groups in total. The van der Waals surface area contributed by atoms with Crippen molar-refractivity contribution < 1.29 is 9.90 Å². The van der Waals surface area contributed by atoms with E-state index in [0.717, 1.165) is 5.69 Å². The van der Waals surface area contributed by atoms with Crippen LogP contribution in [0.4, 0.5) is 5.69 Å². The Balaban J connectivity index is 2.36. The van der Waals surface area contributed by atoms with Gasteiger partial charge in [-0.15, -0.1) is 0 Å². The predicted octanol–water partition coefficient (Wildman–Crippen LogP) is 0.549. The molecule has 0 saturated carbocycles. The number of carbonyl (C=O) groups excluding carboxylic acids is 1. The molecule has 0 radical (unpaired) electrons. The minimum atomic E-state index is -0.0721. The second-order valence-corrected chi connectivity index (χ2v) is 3.38. The Morgan fingerprint density at radius 2 is 2.07 bits per heavy atom. The molecule has 0 aromatic heterocycles. The fraction of sp³-hybridized carbons (Fsp3) is 0.364. The van der Waals surface area contributed by atoms with Gasteiger partial charge in [0.25, 0.3) is 0 Å². The van der Waals surface area contributed by atoms with E-state index in [9.17, 15) is 4.79 Å². The van der Waals surface area contributed by atoms with Crippen LogP contribution in [-0.4, -0.2) is 42.7 Å². The van der Waals surface area contributed by atoms with E-state index in [1.807, 2.05) is 30.3 Å². The number of nitrogens with one attached hydrogen (secondary N) is 1. The van der Waals surface area contributed by atoms with Crippen molar-refractivity contribution in [2.24, 2.45) is 0 Å². The third kappa shape index (κ3) is 4.58. The minimum Gasteiger partial charge on any atom is -0.395 e. The lowest BCUT2D eigenvalue weighted by Crippen LogP contribution is -2.32. The van der Waals surface area contributed by atoms with Crippen molar-refractivity contribution in [3.05, 3.63) is 30.3 Å². The molecule has 0 atom stereocenters. The number of benzene rings is 1. The Labute approximate surface area is 89.5 Å². The third-order valence-corrected chi connectivity index (χ3v) is 1.95. The number of amides is 1. The molecular formula is C11H16N2O2. The van der Waals surface area contributed by atoms with Gasteiger partial charge in [-0.3, -0.25) is 9.69 Å². The number of hydrogen-bond donors (Lipinski definition) is 2. The molecule has 4 nitrogen and oxygen atoms in total. The van der Waals surface area contributed by atoms with E-state index in [4.69, 9.17) is 5.11 Å². The van der Waals surface area contributed by atoms with Crippen molar-refractivity contribution in [3.63, 3.8) is 0 Å². The Morgan fingerprint density at radius 1 is 1.40 bits per heavy atom. The van der Waals surface area contributed by atoms with Crippen LogP contribution in [0.3, 0.4) is 0 Å². The molecule has 1 amide bonds. The third-order valence-electron chi connectivity index (χ3n) is 1.95. The zero-order valence-corrected chi connectivity index (χ0v) is 8.81. The molecule has 82 valence electrons. The smallest absolute Gasteiger partial charge is 0.238 e. The van der Waals surface area contributed by atoms with Gasteiger partial charge in [0.05, 0.1) is 13.2 Å². The average molecular weight is 208 g/mol. The van der Waals surface area contributed by atoms with Crippen molar-refractivity contribution in [2.75, 3.05) is 32.1 Å². The van der Waals surface area contributed by atoms with Gasteiger partial charge < -0.3 is 10.4 Å². The van der Waals surface area contributed by atoms with Crippen LogP contribution in [0, 0.1) is 0 Å². The summed E-state index contributed by atoms with van der Waals surface area (Å²) in [5, 5.41) is 11.4. The summed E-state index contributed by atoms with van der Waals surface area (Å²) in [5.41, 5.74) is 0.792. The summed E-state index contributed by atoms with van der Waals surface area (Å²) in [4.78, 5) is 13.2. The van der Waals surface area contributed by atoms with Gasteiger partial charge >= 0.3 is 0 Å². The van der Waals surface area contributed by atoms with Gasteiger partial charge in [-0.2, -0.15) is 0 Å². The van der Waals surface area contributed by atoms with Crippen molar-refractivity contribution in [1.82, 2.24) is 4.90 Å². The van der Waals surface area contributed by atoms with Crippen LogP contribution in [0.1, 0.15) is 0 Å². The Hall–Kier alpha value is -1.39. The SMILES string of the molecule is CN(CCO)CC(=O)Nc1ccccc1. The highest BCUT2D eigenvalue weighted by Gasteiger charge is 2.05. The highest BCUT2D eigenvalue weighted by Crippen LogP contribution is 2.04. The molecule has 15 heavy (non-hydrogen) atoms. The van der Waals surface area contributed by atoms with Crippen molar-refractivity contribution in [3.8, 4) is 0 Å². The first kappa shape index (κ1) is 11.7. The van der Waals surface area contributed by atoms with Crippen LogP contribution in [0.5, 0.6) is 0 Å². The summed E-state index contributed by atoms with van der Waals surface area (Å²) >= 11 is 0. The van der Waals surface area contributed by atoms with E-state index in [-0.39, 0.29) is 19.1 Å². The largest absolute Gasteiger partial charge is 0.395 e. The van der Waals surface area contributed by atoms with Gasteiger partial charge in [0.1, 0.15) is 0 Å².